The van der Waals surface area contributed by atoms with E-state index in [1.54, 1.807) is 11.6 Å². The fourth-order valence-electron chi connectivity index (χ4n) is 1.82. The first kappa shape index (κ1) is 15.7. The lowest BCUT2D eigenvalue weighted by atomic mass is 10.3. The molecule has 0 bridgehead atoms. The van der Waals surface area contributed by atoms with Crippen molar-refractivity contribution in [3.05, 3.63) is 34.3 Å². The lowest BCUT2D eigenvalue weighted by Crippen LogP contribution is -2.27. The minimum Gasteiger partial charge on any atom is -0.497 e. The molecule has 0 aliphatic heterocycles. The molecule has 8 heteroatoms. The van der Waals surface area contributed by atoms with Gasteiger partial charge < -0.3 is 10.5 Å². The van der Waals surface area contributed by atoms with E-state index in [2.05, 4.69) is 4.98 Å². The van der Waals surface area contributed by atoms with Crippen LogP contribution in [-0.2, 0) is 16.6 Å². The Hall–Kier alpha value is -1.64. The maximum Gasteiger partial charge on any atom is 0.245 e. The zero-order valence-corrected chi connectivity index (χ0v) is 13.7. The maximum atomic E-state index is 12.6. The number of thiazole rings is 1. The van der Waals surface area contributed by atoms with E-state index in [4.69, 9.17) is 10.5 Å². The molecule has 2 rings (SSSR count). The predicted molar refractivity (Wildman–Crippen MR) is 82.9 cm³/mol. The second-order valence-corrected chi connectivity index (χ2v) is 7.48. The highest BCUT2D eigenvalue weighted by molar-refractivity contribution is 7.89. The molecule has 0 atom stereocenters. The van der Waals surface area contributed by atoms with Crippen LogP contribution < -0.4 is 10.5 Å². The van der Waals surface area contributed by atoms with Gasteiger partial charge in [0.1, 0.15) is 10.6 Å². The van der Waals surface area contributed by atoms with Crippen LogP contribution in [0.2, 0.25) is 0 Å². The summed E-state index contributed by atoms with van der Waals surface area (Å²) in [5.41, 5.74) is 8.54. The normalized spacial score (nSPS) is 11.8. The van der Waals surface area contributed by atoms with Gasteiger partial charge in [0, 0.05) is 24.5 Å². The lowest BCUT2D eigenvalue weighted by Gasteiger charge is -2.18. The number of hydrogen-bond donors (Lipinski definition) is 1. The number of aryl methyl sites for hydroxylation is 1. The molecule has 6 nitrogen and oxygen atoms in total. The molecule has 0 aliphatic rings. The fraction of sp³-hybridized carbons (Fsp3) is 0.308. The molecule has 0 saturated carbocycles. The summed E-state index contributed by atoms with van der Waals surface area (Å²) < 4.78 is 31.5. The lowest BCUT2D eigenvalue weighted by molar-refractivity contribution is 0.414. The summed E-state index contributed by atoms with van der Waals surface area (Å²) in [6, 6.07) is 4.53. The SMILES string of the molecule is COc1ccc(S(=O)(=O)N(C)Cc2scnc2C)c(N)c1. The van der Waals surface area contributed by atoms with E-state index < -0.39 is 10.0 Å². The van der Waals surface area contributed by atoms with Gasteiger partial charge in [-0.3, -0.25) is 0 Å². The van der Waals surface area contributed by atoms with Crippen LogP contribution in [0.1, 0.15) is 10.6 Å². The summed E-state index contributed by atoms with van der Waals surface area (Å²) in [5, 5.41) is 0. The quantitative estimate of drug-likeness (QED) is 0.847. The molecule has 0 fully saturated rings. The Morgan fingerprint density at radius 3 is 2.67 bits per heavy atom. The molecular weight excluding hydrogens is 310 g/mol. The van der Waals surface area contributed by atoms with Gasteiger partial charge in [-0.25, -0.2) is 13.4 Å². The van der Waals surface area contributed by atoms with Gasteiger partial charge in [0.15, 0.2) is 0 Å². The average molecular weight is 327 g/mol. The zero-order chi connectivity index (χ0) is 15.6. The second-order valence-electron chi connectivity index (χ2n) is 4.53. The Balaban J connectivity index is 2.31. The number of sulfonamides is 1. The highest BCUT2D eigenvalue weighted by atomic mass is 32.2. The van der Waals surface area contributed by atoms with Gasteiger partial charge in [-0.2, -0.15) is 4.31 Å². The number of nitrogens with two attached hydrogens (primary N) is 1. The standard InChI is InChI=1S/C13H17N3O3S2/c1-9-12(20-8-15-9)7-16(2)21(17,18)13-5-4-10(19-3)6-11(13)14/h4-6,8H,7,14H2,1-3H3. The monoisotopic (exact) mass is 327 g/mol. The van der Waals surface area contributed by atoms with E-state index in [1.807, 2.05) is 6.92 Å². The van der Waals surface area contributed by atoms with Crippen LogP contribution in [-0.4, -0.2) is 31.9 Å². The Bertz CT molecular complexity index is 741. The van der Waals surface area contributed by atoms with Crippen LogP contribution >= 0.6 is 11.3 Å². The molecule has 0 spiro atoms. The van der Waals surface area contributed by atoms with Crippen molar-refractivity contribution in [1.29, 1.82) is 0 Å². The first-order chi connectivity index (χ1) is 9.86. The Labute approximate surface area is 128 Å². The Morgan fingerprint density at radius 1 is 1.43 bits per heavy atom. The highest BCUT2D eigenvalue weighted by Crippen LogP contribution is 2.27. The molecule has 0 aliphatic carbocycles. The van der Waals surface area contributed by atoms with Crippen molar-refractivity contribution < 1.29 is 13.2 Å². The van der Waals surface area contributed by atoms with Crippen molar-refractivity contribution in [2.45, 2.75) is 18.4 Å². The van der Waals surface area contributed by atoms with E-state index in [0.29, 0.717) is 5.75 Å². The average Bonchev–Trinajstić information content (AvgIpc) is 2.83. The second kappa shape index (κ2) is 6.00. The number of nitrogens with zero attached hydrogens (tertiary/aromatic N) is 2. The number of hydrogen-bond acceptors (Lipinski definition) is 6. The molecule has 0 saturated heterocycles. The minimum atomic E-state index is -3.66. The number of aromatic nitrogens is 1. The third-order valence-electron chi connectivity index (χ3n) is 3.12. The van der Waals surface area contributed by atoms with Crippen LogP contribution in [0.15, 0.2) is 28.6 Å². The van der Waals surface area contributed by atoms with Crippen molar-refractivity contribution >= 4 is 27.0 Å². The summed E-state index contributed by atoms with van der Waals surface area (Å²) in [6.45, 7) is 2.12. The van der Waals surface area contributed by atoms with Crippen LogP contribution in [0.5, 0.6) is 5.75 Å². The van der Waals surface area contributed by atoms with Crippen LogP contribution in [0.25, 0.3) is 0 Å². The molecule has 2 aromatic rings. The first-order valence-corrected chi connectivity index (χ1v) is 8.47. The number of anilines is 1. The van der Waals surface area contributed by atoms with Gasteiger partial charge in [0.25, 0.3) is 0 Å². The van der Waals surface area contributed by atoms with E-state index in [-0.39, 0.29) is 17.1 Å². The largest absolute Gasteiger partial charge is 0.497 e. The molecule has 1 heterocycles. The topological polar surface area (TPSA) is 85.5 Å². The highest BCUT2D eigenvalue weighted by Gasteiger charge is 2.24. The molecular formula is C13H17N3O3S2. The summed E-state index contributed by atoms with van der Waals surface area (Å²) >= 11 is 1.43. The van der Waals surface area contributed by atoms with Crippen molar-refractivity contribution in [3.63, 3.8) is 0 Å². The van der Waals surface area contributed by atoms with Crippen molar-refractivity contribution in [3.8, 4) is 5.75 Å². The molecule has 2 N–H and O–H groups in total. The van der Waals surface area contributed by atoms with Gasteiger partial charge in [-0.1, -0.05) is 0 Å². The van der Waals surface area contributed by atoms with Gasteiger partial charge in [-0.05, 0) is 19.1 Å². The van der Waals surface area contributed by atoms with Crippen LogP contribution in [0, 0.1) is 6.92 Å². The van der Waals surface area contributed by atoms with Gasteiger partial charge in [0.05, 0.1) is 24.0 Å². The third-order valence-corrected chi connectivity index (χ3v) is 5.91. The predicted octanol–water partition coefficient (Wildman–Crippen LogP) is 1.86. The molecule has 0 amide bonds. The van der Waals surface area contributed by atoms with Crippen molar-refractivity contribution in [1.82, 2.24) is 9.29 Å². The van der Waals surface area contributed by atoms with Crippen LogP contribution in [0.3, 0.4) is 0 Å². The minimum absolute atomic E-state index is 0.0768. The smallest absolute Gasteiger partial charge is 0.245 e. The third kappa shape index (κ3) is 3.17. The molecule has 0 radical (unpaired) electrons. The zero-order valence-electron chi connectivity index (χ0n) is 12.0. The number of nitrogen functional groups attached to an aromatic ring is 1. The van der Waals surface area contributed by atoms with Gasteiger partial charge >= 0.3 is 0 Å². The number of ether oxygens (including phenoxy) is 1. The summed E-state index contributed by atoms with van der Waals surface area (Å²) in [4.78, 5) is 5.11. The molecule has 1 aromatic carbocycles. The van der Waals surface area contributed by atoms with Crippen LogP contribution in [0.4, 0.5) is 5.69 Å². The van der Waals surface area contributed by atoms with Gasteiger partial charge in [-0.15, -0.1) is 11.3 Å². The molecule has 1 aromatic heterocycles. The van der Waals surface area contributed by atoms with E-state index in [0.717, 1.165) is 10.6 Å². The van der Waals surface area contributed by atoms with Gasteiger partial charge in [0.2, 0.25) is 10.0 Å². The summed E-state index contributed by atoms with van der Waals surface area (Å²) in [6.07, 6.45) is 0. The summed E-state index contributed by atoms with van der Waals surface area (Å²) in [5.74, 6) is 0.521. The van der Waals surface area contributed by atoms with E-state index in [9.17, 15) is 8.42 Å². The van der Waals surface area contributed by atoms with Crippen molar-refractivity contribution in [2.75, 3.05) is 19.9 Å². The maximum absolute atomic E-state index is 12.6. The fourth-order valence-corrected chi connectivity index (χ4v) is 3.96. The Morgan fingerprint density at radius 2 is 2.14 bits per heavy atom. The first-order valence-electron chi connectivity index (χ1n) is 6.15. The number of benzene rings is 1. The molecule has 0 unspecified atom stereocenters. The number of methoxy groups -OCH3 is 1. The van der Waals surface area contributed by atoms with E-state index >= 15 is 0 Å². The number of rotatable bonds is 5. The molecule has 114 valence electrons. The summed E-state index contributed by atoms with van der Waals surface area (Å²) in [7, 11) is -0.628. The van der Waals surface area contributed by atoms with Crippen molar-refractivity contribution in [2.24, 2.45) is 0 Å². The molecule has 21 heavy (non-hydrogen) atoms. The Kier molecular flexibility index (Phi) is 4.50. The van der Waals surface area contributed by atoms with E-state index in [1.165, 1.54) is 41.9 Å².